The van der Waals surface area contributed by atoms with Gasteiger partial charge in [-0.3, -0.25) is 4.79 Å². The van der Waals surface area contributed by atoms with Gasteiger partial charge in [0.2, 0.25) is 14.2 Å². The Morgan fingerprint density at radius 1 is 0.811 bits per heavy atom. The van der Waals surface area contributed by atoms with Crippen LogP contribution in [0.5, 0.6) is 0 Å². The molecule has 0 saturated carbocycles. The molecule has 2 heterocycles. The summed E-state index contributed by atoms with van der Waals surface area (Å²) in [6.07, 6.45) is 1.59. The number of hydrogen-bond donors (Lipinski definition) is 1. The summed E-state index contributed by atoms with van der Waals surface area (Å²) in [6, 6.07) is 26.9. The average molecular weight is 526 g/mol. The third-order valence-electron chi connectivity index (χ3n) is 5.76. The summed E-state index contributed by atoms with van der Waals surface area (Å²) in [7, 11) is -3.83. The number of nitrogens with zero attached hydrogens (tertiary/aromatic N) is 2. The zero-order valence-electron chi connectivity index (χ0n) is 20.2. The van der Waals surface area contributed by atoms with Gasteiger partial charge in [0.1, 0.15) is 5.82 Å². The van der Waals surface area contributed by atoms with Crippen LogP contribution < -0.4 is 5.32 Å². The smallest absolute Gasteiger partial charge is 0.256 e. The van der Waals surface area contributed by atoms with Gasteiger partial charge in [0.05, 0.1) is 15.5 Å². The number of thiazole rings is 1. The molecule has 0 saturated heterocycles. The van der Waals surface area contributed by atoms with Gasteiger partial charge in [0, 0.05) is 17.3 Å². The Balaban J connectivity index is 1.59. The third kappa shape index (κ3) is 5.21. The largest absolute Gasteiger partial charge is 0.307 e. The van der Waals surface area contributed by atoms with Gasteiger partial charge >= 0.3 is 0 Å². The second-order valence-electron chi connectivity index (χ2n) is 8.59. The topological polar surface area (TPSA) is 89.0 Å². The molecule has 5 aromatic rings. The highest BCUT2D eigenvalue weighted by Crippen LogP contribution is 2.40. The van der Waals surface area contributed by atoms with Gasteiger partial charge in [-0.2, -0.15) is 0 Å². The van der Waals surface area contributed by atoms with E-state index in [2.05, 4.69) is 15.3 Å². The van der Waals surface area contributed by atoms with E-state index in [-0.39, 0.29) is 15.1 Å². The van der Waals surface area contributed by atoms with Crippen LogP contribution in [0.4, 0.5) is 5.82 Å². The van der Waals surface area contributed by atoms with Crippen LogP contribution in [0.1, 0.15) is 21.5 Å². The number of rotatable bonds is 6. The quantitative estimate of drug-likeness (QED) is 0.271. The first-order valence-corrected chi connectivity index (χ1v) is 13.8. The van der Waals surface area contributed by atoms with Gasteiger partial charge in [-0.05, 0) is 61.9 Å². The molecule has 1 amide bonds. The molecular formula is C29H23N3O3S2. The molecule has 0 radical (unpaired) electrons. The van der Waals surface area contributed by atoms with E-state index in [0.29, 0.717) is 27.5 Å². The zero-order chi connectivity index (χ0) is 26.0. The van der Waals surface area contributed by atoms with Gasteiger partial charge in [-0.15, -0.1) is 11.3 Å². The molecule has 0 fully saturated rings. The van der Waals surface area contributed by atoms with Gasteiger partial charge in [0.25, 0.3) is 5.91 Å². The molecule has 3 aromatic carbocycles. The summed E-state index contributed by atoms with van der Waals surface area (Å²) >= 11 is 1.10. The standard InChI is InChI=1S/C29H23N3O3S2/c1-19-11-13-24(14-12-19)37(34,35)29-32-26(22-10-6-7-20(2)17-22)27(36-29)23-15-16-30-25(18-23)31-28(33)21-8-4-3-5-9-21/h3-18H,1-2H3,(H,30,31,33). The minimum atomic E-state index is -3.83. The summed E-state index contributed by atoms with van der Waals surface area (Å²) in [5.41, 5.74) is 4.59. The van der Waals surface area contributed by atoms with E-state index in [1.165, 1.54) is 0 Å². The monoisotopic (exact) mass is 525 g/mol. The van der Waals surface area contributed by atoms with Crippen molar-refractivity contribution in [1.82, 2.24) is 9.97 Å². The number of anilines is 1. The molecule has 5 rings (SSSR count). The number of nitrogens with one attached hydrogen (secondary N) is 1. The van der Waals surface area contributed by atoms with Crippen molar-refractivity contribution in [2.75, 3.05) is 5.32 Å². The Morgan fingerprint density at radius 3 is 2.30 bits per heavy atom. The number of hydrogen-bond acceptors (Lipinski definition) is 6. The molecule has 2 aromatic heterocycles. The van der Waals surface area contributed by atoms with Crippen LogP contribution in [0.3, 0.4) is 0 Å². The molecule has 37 heavy (non-hydrogen) atoms. The van der Waals surface area contributed by atoms with Crippen molar-refractivity contribution < 1.29 is 13.2 Å². The second-order valence-corrected chi connectivity index (χ2v) is 11.7. The van der Waals surface area contributed by atoms with Crippen LogP contribution in [0.15, 0.2) is 106 Å². The maximum Gasteiger partial charge on any atom is 0.256 e. The van der Waals surface area contributed by atoms with E-state index in [0.717, 1.165) is 28.0 Å². The number of aryl methyl sites for hydroxylation is 2. The molecule has 0 unspecified atom stereocenters. The van der Waals surface area contributed by atoms with Crippen molar-refractivity contribution in [2.24, 2.45) is 0 Å². The molecule has 8 heteroatoms. The van der Waals surface area contributed by atoms with E-state index in [4.69, 9.17) is 0 Å². The normalized spacial score (nSPS) is 11.3. The molecular weight excluding hydrogens is 502 g/mol. The highest BCUT2D eigenvalue weighted by molar-refractivity contribution is 7.93. The predicted octanol–water partition coefficient (Wildman–Crippen LogP) is 6.57. The molecule has 184 valence electrons. The Kier molecular flexibility index (Phi) is 6.69. The predicted molar refractivity (Wildman–Crippen MR) is 147 cm³/mol. The Morgan fingerprint density at radius 2 is 1.57 bits per heavy atom. The lowest BCUT2D eigenvalue weighted by Gasteiger charge is -2.07. The number of benzene rings is 3. The summed E-state index contributed by atoms with van der Waals surface area (Å²) in [5, 5.41) is 2.82. The van der Waals surface area contributed by atoms with Crippen LogP contribution >= 0.6 is 11.3 Å². The molecule has 6 nitrogen and oxygen atoms in total. The van der Waals surface area contributed by atoms with E-state index in [1.807, 2.05) is 44.2 Å². The highest BCUT2D eigenvalue weighted by atomic mass is 32.2. The Bertz CT molecular complexity index is 1690. The van der Waals surface area contributed by atoms with Gasteiger partial charge in [0.15, 0.2) is 0 Å². The van der Waals surface area contributed by atoms with Crippen molar-refractivity contribution in [1.29, 1.82) is 0 Å². The SMILES string of the molecule is Cc1ccc(S(=O)(=O)c2nc(-c3cccc(C)c3)c(-c3ccnc(NC(=O)c4ccccc4)c3)s2)cc1. The Labute approximate surface area is 219 Å². The van der Waals surface area contributed by atoms with Crippen LogP contribution in [-0.2, 0) is 9.84 Å². The summed E-state index contributed by atoms with van der Waals surface area (Å²) < 4.78 is 27.0. The fourth-order valence-corrected chi connectivity index (χ4v) is 6.54. The van der Waals surface area contributed by atoms with Gasteiger partial charge < -0.3 is 5.32 Å². The molecule has 0 spiro atoms. The number of amides is 1. The maximum atomic E-state index is 13.5. The van der Waals surface area contributed by atoms with Gasteiger partial charge in [-0.25, -0.2) is 18.4 Å². The van der Waals surface area contributed by atoms with E-state index >= 15 is 0 Å². The van der Waals surface area contributed by atoms with Crippen molar-refractivity contribution in [3.63, 3.8) is 0 Å². The fraction of sp³-hybridized carbons (Fsp3) is 0.0690. The molecule has 0 aliphatic rings. The molecule has 1 N–H and O–H groups in total. The van der Waals surface area contributed by atoms with E-state index in [1.54, 1.807) is 66.9 Å². The maximum absolute atomic E-state index is 13.5. The van der Waals surface area contributed by atoms with Crippen LogP contribution in [0, 0.1) is 13.8 Å². The minimum absolute atomic E-state index is 0.00884. The zero-order valence-corrected chi connectivity index (χ0v) is 21.8. The van der Waals surface area contributed by atoms with Gasteiger partial charge in [-0.1, -0.05) is 59.7 Å². The van der Waals surface area contributed by atoms with Crippen molar-refractivity contribution in [3.8, 4) is 21.7 Å². The van der Waals surface area contributed by atoms with Crippen LogP contribution in [0.2, 0.25) is 0 Å². The highest BCUT2D eigenvalue weighted by Gasteiger charge is 2.26. The minimum Gasteiger partial charge on any atom is -0.307 e. The molecule has 0 aliphatic heterocycles. The second kappa shape index (κ2) is 10.1. The van der Waals surface area contributed by atoms with E-state index in [9.17, 15) is 13.2 Å². The van der Waals surface area contributed by atoms with Crippen LogP contribution in [-0.4, -0.2) is 24.3 Å². The number of sulfone groups is 1. The van der Waals surface area contributed by atoms with Crippen molar-refractivity contribution >= 4 is 32.9 Å². The fourth-order valence-electron chi connectivity index (χ4n) is 3.84. The first-order chi connectivity index (χ1) is 17.8. The lowest BCUT2D eigenvalue weighted by molar-refractivity contribution is 0.102. The lowest BCUT2D eigenvalue weighted by Crippen LogP contribution is -2.12. The summed E-state index contributed by atoms with van der Waals surface area (Å²) in [4.78, 5) is 22.5. The van der Waals surface area contributed by atoms with E-state index < -0.39 is 9.84 Å². The lowest BCUT2D eigenvalue weighted by atomic mass is 10.1. The van der Waals surface area contributed by atoms with Crippen molar-refractivity contribution in [2.45, 2.75) is 23.1 Å². The number of pyridine rings is 1. The summed E-state index contributed by atoms with van der Waals surface area (Å²) in [6.45, 7) is 3.88. The third-order valence-corrected chi connectivity index (χ3v) is 9.01. The number of aromatic nitrogens is 2. The summed E-state index contributed by atoms with van der Waals surface area (Å²) in [5.74, 6) is 0.0778. The first-order valence-electron chi connectivity index (χ1n) is 11.5. The number of carbonyl (C=O) groups is 1. The molecule has 0 aliphatic carbocycles. The van der Waals surface area contributed by atoms with Crippen molar-refractivity contribution in [3.05, 3.63) is 114 Å². The Hall–Kier alpha value is -4.14. The molecule has 0 atom stereocenters. The average Bonchev–Trinajstić information content (AvgIpc) is 3.36. The molecule has 0 bridgehead atoms. The number of carbonyl (C=O) groups excluding carboxylic acids is 1. The van der Waals surface area contributed by atoms with Crippen LogP contribution in [0.25, 0.3) is 21.7 Å². The first kappa shape index (κ1) is 24.5.